The van der Waals surface area contributed by atoms with Crippen molar-refractivity contribution in [2.75, 3.05) is 7.05 Å². The third kappa shape index (κ3) is 46.9. The summed E-state index contributed by atoms with van der Waals surface area (Å²) in [6, 6.07) is 0. The molecule has 0 aromatic carbocycles. The average molecular weight is 159 g/mol. The van der Waals surface area contributed by atoms with Gasteiger partial charge in [0.2, 0.25) is 0 Å². The molecule has 0 radical (unpaired) electrons. The number of hydrogen-bond donors (Lipinski definition) is 2. The van der Waals surface area contributed by atoms with E-state index in [1.54, 1.807) is 13.8 Å². The van der Waals surface area contributed by atoms with Crippen molar-refractivity contribution in [3.05, 3.63) is 12.3 Å². The van der Waals surface area contributed by atoms with E-state index in [2.05, 4.69) is 17.3 Å². The average Bonchev–Trinajstić information content (AvgIpc) is 1.93. The van der Waals surface area contributed by atoms with E-state index in [1.165, 1.54) is 7.05 Å². The van der Waals surface area contributed by atoms with E-state index in [0.717, 1.165) is 5.70 Å². The minimum atomic E-state index is 0.563. The van der Waals surface area contributed by atoms with Crippen molar-refractivity contribution in [1.29, 1.82) is 0 Å². The molecule has 0 aliphatic heterocycles. The lowest BCUT2D eigenvalue weighted by Crippen LogP contribution is -2.04. The van der Waals surface area contributed by atoms with Gasteiger partial charge in [0.1, 0.15) is 0 Å². The molecule has 0 bridgehead atoms. The molecule has 0 spiro atoms. The summed E-state index contributed by atoms with van der Waals surface area (Å²) in [6.07, 6.45) is 0. The number of rotatable bonds is 1. The molecule has 0 heterocycles. The number of nitrogens with zero attached hydrogens (tertiary/aromatic N) is 1. The summed E-state index contributed by atoms with van der Waals surface area (Å²) in [5.74, 6) is 0.563. The summed E-state index contributed by atoms with van der Waals surface area (Å²) >= 11 is 0. The molecule has 0 unspecified atom stereocenters. The van der Waals surface area contributed by atoms with Crippen molar-refractivity contribution >= 4 is 5.84 Å². The lowest BCUT2D eigenvalue weighted by atomic mass is 10.6. The minimum absolute atomic E-state index is 0.563. The molecule has 11 heavy (non-hydrogen) atoms. The van der Waals surface area contributed by atoms with Crippen molar-refractivity contribution in [2.45, 2.75) is 27.7 Å². The lowest BCUT2D eigenvalue weighted by molar-refractivity contribution is 1.30. The number of amidine groups is 1. The highest BCUT2D eigenvalue weighted by molar-refractivity contribution is 5.78. The molecule has 0 aliphatic rings. The molecule has 3 nitrogen and oxygen atoms in total. The van der Waals surface area contributed by atoms with Crippen molar-refractivity contribution in [3.63, 3.8) is 0 Å². The molecule has 0 aromatic rings. The first-order valence-corrected chi connectivity index (χ1v) is 3.67. The Balaban J connectivity index is -0.000000138. The van der Waals surface area contributed by atoms with Gasteiger partial charge in [-0.05, 0) is 20.9 Å². The highest BCUT2D eigenvalue weighted by atomic mass is 14.8. The Morgan fingerprint density at radius 1 is 1.18 bits per heavy atom. The quantitative estimate of drug-likeness (QED) is 0.450. The van der Waals surface area contributed by atoms with Gasteiger partial charge in [-0.1, -0.05) is 20.4 Å². The Kier molecular flexibility index (Phi) is 24.3. The maximum atomic E-state index is 5.18. The van der Waals surface area contributed by atoms with Gasteiger partial charge in [-0.25, -0.2) is 4.99 Å². The molecule has 0 saturated carbocycles. The Morgan fingerprint density at radius 2 is 1.45 bits per heavy atom. The van der Waals surface area contributed by atoms with E-state index < -0.39 is 0 Å². The van der Waals surface area contributed by atoms with Crippen LogP contribution in [-0.2, 0) is 0 Å². The van der Waals surface area contributed by atoms with Crippen LogP contribution in [0.3, 0.4) is 0 Å². The van der Waals surface area contributed by atoms with E-state index >= 15 is 0 Å². The normalized spacial score (nSPS) is 8.36. The number of nitrogens with two attached hydrogens (primary N) is 2. The number of hydrogen-bond acceptors (Lipinski definition) is 2. The summed E-state index contributed by atoms with van der Waals surface area (Å²) in [6.45, 7) is 11.1. The Labute approximate surface area is 70.2 Å². The standard InChI is InChI=1S/C5H10N2.C2H6.CH5N/c1-4(2)7-5(3)6;2*1-2/h1H2,2-3H3,(H2,6,7);1-2H3;2H2,1H3. The molecular formula is C8H21N3. The number of aliphatic imine (C=N–C) groups is 1. The van der Waals surface area contributed by atoms with E-state index in [9.17, 15) is 0 Å². The predicted octanol–water partition coefficient (Wildman–Crippen LogP) is 1.50. The van der Waals surface area contributed by atoms with Crippen molar-refractivity contribution in [1.82, 2.24) is 0 Å². The summed E-state index contributed by atoms with van der Waals surface area (Å²) in [4.78, 5) is 3.78. The zero-order chi connectivity index (χ0) is 9.86. The van der Waals surface area contributed by atoms with Gasteiger partial charge in [0.05, 0.1) is 5.84 Å². The second kappa shape index (κ2) is 16.1. The molecule has 0 fully saturated rings. The molecule has 0 aliphatic carbocycles. The fourth-order valence-electron chi connectivity index (χ4n) is 0.301. The zero-order valence-electron chi connectivity index (χ0n) is 8.31. The fraction of sp³-hybridized carbons (Fsp3) is 0.625. The highest BCUT2D eigenvalue weighted by Crippen LogP contribution is 1.85. The first-order chi connectivity index (χ1) is 5.13. The Bertz CT molecular complexity index is 102. The van der Waals surface area contributed by atoms with Gasteiger partial charge in [0.25, 0.3) is 0 Å². The van der Waals surface area contributed by atoms with Crippen LogP contribution >= 0.6 is 0 Å². The highest BCUT2D eigenvalue weighted by Gasteiger charge is 1.74. The van der Waals surface area contributed by atoms with Crippen LogP contribution in [0.1, 0.15) is 27.7 Å². The maximum absolute atomic E-state index is 5.18. The molecular weight excluding hydrogens is 138 g/mol. The Hall–Kier alpha value is -0.830. The topological polar surface area (TPSA) is 64.4 Å². The summed E-state index contributed by atoms with van der Waals surface area (Å²) in [5, 5.41) is 0. The van der Waals surface area contributed by atoms with Gasteiger partial charge >= 0.3 is 0 Å². The minimum Gasteiger partial charge on any atom is -0.387 e. The molecule has 0 saturated heterocycles. The molecule has 3 heteroatoms. The van der Waals surface area contributed by atoms with Crippen molar-refractivity contribution < 1.29 is 0 Å². The van der Waals surface area contributed by atoms with Crippen molar-refractivity contribution in [2.24, 2.45) is 16.5 Å². The van der Waals surface area contributed by atoms with E-state index in [0.29, 0.717) is 5.84 Å². The smallest absolute Gasteiger partial charge is 0.0960 e. The second-order valence-electron chi connectivity index (χ2n) is 1.49. The van der Waals surface area contributed by atoms with Crippen LogP contribution in [0.2, 0.25) is 0 Å². The largest absolute Gasteiger partial charge is 0.387 e. The van der Waals surface area contributed by atoms with Crippen LogP contribution < -0.4 is 11.5 Å². The molecule has 68 valence electrons. The van der Waals surface area contributed by atoms with E-state index in [1.807, 2.05) is 13.8 Å². The molecule has 0 atom stereocenters. The van der Waals surface area contributed by atoms with E-state index in [-0.39, 0.29) is 0 Å². The fourth-order valence-corrected chi connectivity index (χ4v) is 0.301. The lowest BCUT2D eigenvalue weighted by Gasteiger charge is -1.86. The summed E-state index contributed by atoms with van der Waals surface area (Å²) in [7, 11) is 1.50. The Morgan fingerprint density at radius 3 is 1.45 bits per heavy atom. The van der Waals surface area contributed by atoms with Gasteiger partial charge in [-0.2, -0.15) is 0 Å². The second-order valence-corrected chi connectivity index (χ2v) is 1.49. The van der Waals surface area contributed by atoms with Gasteiger partial charge in [0.15, 0.2) is 0 Å². The van der Waals surface area contributed by atoms with Gasteiger partial charge < -0.3 is 11.5 Å². The van der Waals surface area contributed by atoms with E-state index in [4.69, 9.17) is 5.73 Å². The van der Waals surface area contributed by atoms with Crippen LogP contribution in [0, 0.1) is 0 Å². The predicted molar refractivity (Wildman–Crippen MR) is 53.6 cm³/mol. The molecule has 0 amide bonds. The van der Waals surface area contributed by atoms with Gasteiger partial charge in [-0.3, -0.25) is 0 Å². The van der Waals surface area contributed by atoms with Crippen LogP contribution in [0.15, 0.2) is 17.3 Å². The van der Waals surface area contributed by atoms with Gasteiger partial charge in [-0.15, -0.1) is 0 Å². The first-order valence-electron chi connectivity index (χ1n) is 3.67. The monoisotopic (exact) mass is 159 g/mol. The third-order valence-corrected chi connectivity index (χ3v) is 0.367. The van der Waals surface area contributed by atoms with Crippen LogP contribution in [0.5, 0.6) is 0 Å². The zero-order valence-corrected chi connectivity index (χ0v) is 8.31. The van der Waals surface area contributed by atoms with Crippen molar-refractivity contribution in [3.8, 4) is 0 Å². The summed E-state index contributed by atoms with van der Waals surface area (Å²) in [5.41, 5.74) is 10.4. The number of allylic oxidation sites excluding steroid dienone is 1. The SMILES string of the molecule is C=C(C)N=C(C)N.CC.CN. The van der Waals surface area contributed by atoms with Crippen LogP contribution in [0.4, 0.5) is 0 Å². The maximum Gasteiger partial charge on any atom is 0.0960 e. The third-order valence-electron chi connectivity index (χ3n) is 0.367. The molecule has 0 rings (SSSR count). The van der Waals surface area contributed by atoms with Crippen LogP contribution in [-0.4, -0.2) is 12.9 Å². The molecule has 4 N–H and O–H groups in total. The first kappa shape index (κ1) is 16.6. The molecule has 0 aromatic heterocycles. The van der Waals surface area contributed by atoms with Crippen LogP contribution in [0.25, 0.3) is 0 Å². The summed E-state index contributed by atoms with van der Waals surface area (Å²) < 4.78 is 0. The van der Waals surface area contributed by atoms with Gasteiger partial charge in [0, 0.05) is 5.70 Å².